The van der Waals surface area contributed by atoms with E-state index in [1.807, 2.05) is 0 Å². The van der Waals surface area contributed by atoms with Gasteiger partial charge in [0.15, 0.2) is 0 Å². The summed E-state index contributed by atoms with van der Waals surface area (Å²) in [5.41, 5.74) is 3.74. The maximum absolute atomic E-state index is 12.3. The third-order valence-electron chi connectivity index (χ3n) is 3.47. The minimum Gasteiger partial charge on any atom is -0.272 e. The van der Waals surface area contributed by atoms with Crippen LogP contribution in [0.1, 0.15) is 27.1 Å². The predicted molar refractivity (Wildman–Crippen MR) is 89.4 cm³/mol. The Labute approximate surface area is 146 Å². The zero-order chi connectivity index (χ0) is 18.0. The van der Waals surface area contributed by atoms with E-state index in [4.69, 9.17) is 0 Å². The van der Waals surface area contributed by atoms with Crippen LogP contribution in [0.2, 0.25) is 0 Å². The van der Waals surface area contributed by atoms with Crippen LogP contribution < -0.4 is 5.43 Å². The first-order valence-corrected chi connectivity index (χ1v) is 8.28. The van der Waals surface area contributed by atoms with Crippen molar-refractivity contribution in [1.82, 2.24) is 20.4 Å². The summed E-state index contributed by atoms with van der Waals surface area (Å²) < 4.78 is 0. The van der Waals surface area contributed by atoms with Crippen molar-refractivity contribution in [2.24, 2.45) is 0 Å². The van der Waals surface area contributed by atoms with Gasteiger partial charge in [0.2, 0.25) is 0 Å². The number of non-ortho nitro benzene ring substituents is 1. The molecule has 2 amide bonds. The Balaban J connectivity index is 1.82. The van der Waals surface area contributed by atoms with E-state index in [1.165, 1.54) is 41.3 Å². The average molecular weight is 359 g/mol. The summed E-state index contributed by atoms with van der Waals surface area (Å²) in [4.78, 5) is 42.8. The lowest BCUT2D eigenvalue weighted by Gasteiger charge is -2.24. The monoisotopic (exact) mass is 359 g/mol. The second-order valence-electron chi connectivity index (χ2n) is 5.26. The van der Waals surface area contributed by atoms with Crippen molar-refractivity contribution in [3.63, 3.8) is 0 Å². The van der Waals surface area contributed by atoms with E-state index < -0.39 is 16.2 Å². The summed E-state index contributed by atoms with van der Waals surface area (Å²) in [7, 11) is 0. The largest absolute Gasteiger partial charge is 0.290 e. The quantitative estimate of drug-likeness (QED) is 0.651. The van der Waals surface area contributed by atoms with E-state index in [-0.39, 0.29) is 23.0 Å². The van der Waals surface area contributed by atoms with Gasteiger partial charge in [-0.3, -0.25) is 30.1 Å². The van der Waals surface area contributed by atoms with Crippen LogP contribution in [0.3, 0.4) is 0 Å². The van der Waals surface area contributed by atoms with Crippen molar-refractivity contribution in [1.29, 1.82) is 0 Å². The van der Waals surface area contributed by atoms with Crippen LogP contribution in [-0.2, 0) is 4.79 Å². The summed E-state index contributed by atoms with van der Waals surface area (Å²) in [6, 6.07) is 5.98. The van der Waals surface area contributed by atoms with Crippen LogP contribution in [0.5, 0.6) is 0 Å². The lowest BCUT2D eigenvalue weighted by atomic mass is 10.2. The lowest BCUT2D eigenvalue weighted by Crippen LogP contribution is -2.44. The molecule has 1 saturated heterocycles. The molecule has 1 fully saturated rings. The maximum atomic E-state index is 12.3. The van der Waals surface area contributed by atoms with Crippen LogP contribution in [0.15, 0.2) is 36.7 Å². The highest BCUT2D eigenvalue weighted by atomic mass is 32.2. The first kappa shape index (κ1) is 16.8. The number of benzene rings is 1. The number of carbonyl (C=O) groups is 2. The van der Waals surface area contributed by atoms with Crippen LogP contribution >= 0.6 is 11.8 Å². The molecular weight excluding hydrogens is 346 g/mol. The Morgan fingerprint density at radius 3 is 2.88 bits per heavy atom. The summed E-state index contributed by atoms with van der Waals surface area (Å²) in [6.45, 7) is 1.74. The lowest BCUT2D eigenvalue weighted by molar-refractivity contribution is -0.384. The minimum absolute atomic E-state index is 0.0758. The molecule has 10 heteroatoms. The topological polar surface area (TPSA) is 118 Å². The molecule has 2 heterocycles. The Hall–Kier alpha value is -3.01. The van der Waals surface area contributed by atoms with Gasteiger partial charge in [-0.25, -0.2) is 9.99 Å². The molecule has 0 radical (unpaired) electrons. The Kier molecular flexibility index (Phi) is 4.61. The van der Waals surface area contributed by atoms with Crippen molar-refractivity contribution in [2.75, 3.05) is 5.75 Å². The molecule has 128 valence electrons. The second kappa shape index (κ2) is 6.85. The highest BCUT2D eigenvalue weighted by Gasteiger charge is 2.35. The molecular formula is C15H13N5O4S. The maximum Gasteiger partial charge on any atom is 0.290 e. The van der Waals surface area contributed by atoms with Crippen molar-refractivity contribution in [3.8, 4) is 0 Å². The fourth-order valence-corrected chi connectivity index (χ4v) is 3.36. The zero-order valence-electron chi connectivity index (χ0n) is 13.1. The number of nitrogens with zero attached hydrogens (tertiary/aromatic N) is 4. The van der Waals surface area contributed by atoms with E-state index in [9.17, 15) is 19.7 Å². The molecule has 1 aromatic carbocycles. The van der Waals surface area contributed by atoms with Gasteiger partial charge in [-0.05, 0) is 12.5 Å². The number of rotatable bonds is 4. The van der Waals surface area contributed by atoms with E-state index in [0.717, 1.165) is 0 Å². The molecule has 0 saturated carbocycles. The normalized spacial score (nSPS) is 16.8. The first-order valence-electron chi connectivity index (χ1n) is 7.23. The molecule has 3 rings (SSSR count). The number of hydrogen-bond donors (Lipinski definition) is 1. The number of hydrogen-bond acceptors (Lipinski definition) is 7. The highest BCUT2D eigenvalue weighted by molar-refractivity contribution is 8.00. The summed E-state index contributed by atoms with van der Waals surface area (Å²) >= 11 is 1.27. The second-order valence-corrected chi connectivity index (χ2v) is 6.33. The van der Waals surface area contributed by atoms with Gasteiger partial charge in [0.25, 0.3) is 17.5 Å². The van der Waals surface area contributed by atoms with Gasteiger partial charge in [-0.1, -0.05) is 12.1 Å². The summed E-state index contributed by atoms with van der Waals surface area (Å²) in [6.07, 6.45) is 2.77. The Bertz CT molecular complexity index is 842. The van der Waals surface area contributed by atoms with Crippen LogP contribution in [0, 0.1) is 17.0 Å². The van der Waals surface area contributed by atoms with Crippen molar-refractivity contribution in [2.45, 2.75) is 12.3 Å². The number of carbonyl (C=O) groups excluding carboxylic acids is 2. The van der Waals surface area contributed by atoms with Gasteiger partial charge in [0.1, 0.15) is 11.1 Å². The minimum atomic E-state index is -0.571. The molecule has 0 aliphatic carbocycles. The smallest absolute Gasteiger partial charge is 0.272 e. The van der Waals surface area contributed by atoms with Crippen molar-refractivity contribution < 1.29 is 14.5 Å². The number of nitro benzene ring substituents is 1. The zero-order valence-corrected chi connectivity index (χ0v) is 13.9. The van der Waals surface area contributed by atoms with Gasteiger partial charge in [-0.2, -0.15) is 0 Å². The third kappa shape index (κ3) is 3.58. The summed E-state index contributed by atoms with van der Waals surface area (Å²) in [5.74, 6) is -0.707. The number of hydrazine groups is 1. The molecule has 0 spiro atoms. The molecule has 1 atom stereocenters. The van der Waals surface area contributed by atoms with Crippen molar-refractivity contribution >= 4 is 29.3 Å². The van der Waals surface area contributed by atoms with Gasteiger partial charge >= 0.3 is 0 Å². The predicted octanol–water partition coefficient (Wildman–Crippen LogP) is 1.61. The SMILES string of the molecule is Cc1cnc(C(=O)NN2C(=O)CS[C@@H]2c2cccc([N+](=O)[O-])c2)cn1. The van der Waals surface area contributed by atoms with Gasteiger partial charge in [0.05, 0.1) is 22.6 Å². The molecule has 0 unspecified atom stereocenters. The van der Waals surface area contributed by atoms with Gasteiger partial charge in [-0.15, -0.1) is 11.8 Å². The van der Waals surface area contributed by atoms with E-state index >= 15 is 0 Å². The summed E-state index contributed by atoms with van der Waals surface area (Å²) in [5, 5.41) is 11.6. The van der Waals surface area contributed by atoms with Crippen LogP contribution in [0.4, 0.5) is 5.69 Å². The molecule has 1 aliphatic heterocycles. The molecule has 1 N–H and O–H groups in total. The first-order chi connectivity index (χ1) is 12.0. The number of aryl methyl sites for hydroxylation is 1. The molecule has 9 nitrogen and oxygen atoms in total. The number of amides is 2. The molecule has 1 aliphatic rings. The van der Waals surface area contributed by atoms with E-state index in [2.05, 4.69) is 15.4 Å². The third-order valence-corrected chi connectivity index (χ3v) is 4.68. The Morgan fingerprint density at radius 1 is 1.40 bits per heavy atom. The standard InChI is InChI=1S/C15H13N5O4S/c1-9-6-17-12(7-16-9)14(22)18-19-13(21)8-25-15(19)10-3-2-4-11(5-10)20(23)24/h2-7,15H,8H2,1H3,(H,18,22)/t15-/m1/s1. The van der Waals surface area contributed by atoms with Gasteiger partial charge in [0, 0.05) is 18.3 Å². The molecule has 25 heavy (non-hydrogen) atoms. The molecule has 1 aromatic heterocycles. The number of aromatic nitrogens is 2. The number of nitrogens with one attached hydrogen (secondary N) is 1. The fraction of sp³-hybridized carbons (Fsp3) is 0.200. The van der Waals surface area contributed by atoms with E-state index in [0.29, 0.717) is 11.3 Å². The van der Waals surface area contributed by atoms with Gasteiger partial charge < -0.3 is 0 Å². The van der Waals surface area contributed by atoms with E-state index in [1.54, 1.807) is 19.1 Å². The van der Waals surface area contributed by atoms with Crippen LogP contribution in [0.25, 0.3) is 0 Å². The van der Waals surface area contributed by atoms with Crippen molar-refractivity contribution in [3.05, 3.63) is 63.7 Å². The Morgan fingerprint density at radius 2 is 2.20 bits per heavy atom. The fourth-order valence-electron chi connectivity index (χ4n) is 2.26. The highest BCUT2D eigenvalue weighted by Crippen LogP contribution is 2.38. The average Bonchev–Trinajstić information content (AvgIpc) is 2.96. The number of thioether (sulfide) groups is 1. The molecule has 0 bridgehead atoms. The number of nitro groups is 1. The molecule has 2 aromatic rings. The van der Waals surface area contributed by atoms with Crippen LogP contribution in [-0.4, -0.2) is 37.5 Å².